The molecule has 1 saturated carbocycles. The third-order valence-corrected chi connectivity index (χ3v) is 7.60. The highest BCUT2D eigenvalue weighted by atomic mass is 35.5. The average molecular weight is 465 g/mol. The molecule has 2 aliphatic rings. The third kappa shape index (κ3) is 3.45. The zero-order valence-electron chi connectivity index (χ0n) is 17.4. The maximum absolute atomic E-state index is 13.6. The number of hydrogen-bond acceptors (Lipinski definition) is 6. The van der Waals surface area contributed by atoms with E-state index in [9.17, 15) is 4.79 Å². The summed E-state index contributed by atoms with van der Waals surface area (Å²) in [6, 6.07) is 15.9. The topological polar surface area (TPSA) is 71.3 Å². The van der Waals surface area contributed by atoms with Crippen molar-refractivity contribution in [1.29, 1.82) is 0 Å². The van der Waals surface area contributed by atoms with Crippen LogP contribution in [0.5, 0.6) is 0 Å². The number of anilines is 1. The maximum Gasteiger partial charge on any atom is 0.295 e. The first kappa shape index (κ1) is 19.8. The molecule has 32 heavy (non-hydrogen) atoms. The molecule has 1 saturated heterocycles. The van der Waals surface area contributed by atoms with Crippen molar-refractivity contribution in [2.45, 2.75) is 19.4 Å². The monoisotopic (exact) mass is 464 g/mol. The molecular weight excluding hydrogens is 444 g/mol. The number of aromatic nitrogens is 2. The van der Waals surface area contributed by atoms with Gasteiger partial charge in [-0.3, -0.25) is 4.79 Å². The lowest BCUT2D eigenvalue weighted by molar-refractivity contribution is 0.0710. The van der Waals surface area contributed by atoms with Crippen molar-refractivity contribution in [3.8, 4) is 10.4 Å². The van der Waals surface area contributed by atoms with E-state index in [0.29, 0.717) is 35.1 Å². The van der Waals surface area contributed by atoms with E-state index >= 15 is 0 Å². The number of nitrogens with one attached hydrogen (secondary N) is 1. The van der Waals surface area contributed by atoms with Crippen molar-refractivity contribution in [3.05, 3.63) is 64.3 Å². The number of halogens is 1. The fraction of sp³-hybridized carbons (Fsp3) is 0.292. The van der Waals surface area contributed by atoms with Crippen LogP contribution < -0.4 is 5.32 Å². The second-order valence-electron chi connectivity index (χ2n) is 8.47. The molecule has 1 aliphatic heterocycles. The highest BCUT2D eigenvalue weighted by Crippen LogP contribution is 2.50. The van der Waals surface area contributed by atoms with Crippen LogP contribution in [0.2, 0.25) is 5.02 Å². The van der Waals surface area contributed by atoms with Gasteiger partial charge in [-0.05, 0) is 55.0 Å². The van der Waals surface area contributed by atoms with Crippen molar-refractivity contribution >= 4 is 46.0 Å². The SMILES string of the molecule is Cc1nc(C(=O)N2C[C@H]3C[C@H]3[C@H]2CNc2nc3ccccc3o2)c(-c2cccc(Cl)c2)s1. The summed E-state index contributed by atoms with van der Waals surface area (Å²) in [5, 5.41) is 4.84. The van der Waals surface area contributed by atoms with Crippen molar-refractivity contribution in [3.63, 3.8) is 0 Å². The van der Waals surface area contributed by atoms with Crippen LogP contribution in [0.1, 0.15) is 21.9 Å². The Bertz CT molecular complexity index is 1300. The van der Waals surface area contributed by atoms with E-state index < -0.39 is 0 Å². The molecule has 2 fully saturated rings. The Labute approximate surface area is 194 Å². The summed E-state index contributed by atoms with van der Waals surface area (Å²) in [7, 11) is 0. The highest BCUT2D eigenvalue weighted by molar-refractivity contribution is 7.15. The Kier molecular flexibility index (Phi) is 4.69. The molecule has 0 unspecified atom stereocenters. The molecule has 3 atom stereocenters. The van der Waals surface area contributed by atoms with Gasteiger partial charge in [0.1, 0.15) is 11.2 Å². The molecule has 8 heteroatoms. The predicted octanol–water partition coefficient (Wildman–Crippen LogP) is 5.49. The molecule has 0 radical (unpaired) electrons. The van der Waals surface area contributed by atoms with Crippen LogP contribution in [-0.2, 0) is 0 Å². The van der Waals surface area contributed by atoms with Gasteiger partial charge in [-0.25, -0.2) is 4.98 Å². The fourth-order valence-electron chi connectivity index (χ4n) is 4.74. The largest absolute Gasteiger partial charge is 0.424 e. The number of carbonyl (C=O) groups excluding carboxylic acids is 1. The lowest BCUT2D eigenvalue weighted by Crippen LogP contribution is -2.42. The van der Waals surface area contributed by atoms with Gasteiger partial charge in [0.05, 0.1) is 15.9 Å². The maximum atomic E-state index is 13.6. The molecule has 1 aliphatic carbocycles. The first-order valence-electron chi connectivity index (χ1n) is 10.7. The molecule has 1 amide bonds. The summed E-state index contributed by atoms with van der Waals surface area (Å²) in [5.41, 5.74) is 3.02. The molecule has 1 N–H and O–H groups in total. The minimum absolute atomic E-state index is 0.0131. The fourth-order valence-corrected chi connectivity index (χ4v) is 5.84. The number of carbonyl (C=O) groups is 1. The molecule has 3 heterocycles. The number of para-hydroxylation sites is 2. The number of aryl methyl sites for hydroxylation is 1. The van der Waals surface area contributed by atoms with Gasteiger partial charge in [-0.15, -0.1) is 11.3 Å². The van der Waals surface area contributed by atoms with E-state index in [1.807, 2.05) is 60.4 Å². The van der Waals surface area contributed by atoms with Crippen LogP contribution >= 0.6 is 22.9 Å². The molecule has 2 aromatic carbocycles. The number of piperidine rings is 1. The van der Waals surface area contributed by atoms with Crippen molar-refractivity contribution < 1.29 is 9.21 Å². The van der Waals surface area contributed by atoms with E-state index in [4.69, 9.17) is 16.0 Å². The number of hydrogen-bond donors (Lipinski definition) is 1. The quantitative estimate of drug-likeness (QED) is 0.423. The second kappa shape index (κ2) is 7.60. The van der Waals surface area contributed by atoms with Crippen LogP contribution in [0.4, 0.5) is 6.01 Å². The van der Waals surface area contributed by atoms with Gasteiger partial charge in [-0.2, -0.15) is 4.98 Å². The smallest absolute Gasteiger partial charge is 0.295 e. The second-order valence-corrected chi connectivity index (χ2v) is 10.1. The molecule has 6 nitrogen and oxygen atoms in total. The first-order chi connectivity index (χ1) is 15.6. The number of oxazole rings is 1. The predicted molar refractivity (Wildman–Crippen MR) is 126 cm³/mol. The number of amides is 1. The zero-order chi connectivity index (χ0) is 21.8. The number of rotatable bonds is 5. The third-order valence-electron chi connectivity index (χ3n) is 6.34. The Morgan fingerprint density at radius 3 is 2.97 bits per heavy atom. The van der Waals surface area contributed by atoms with E-state index in [-0.39, 0.29) is 11.9 Å². The summed E-state index contributed by atoms with van der Waals surface area (Å²) in [4.78, 5) is 25.6. The van der Waals surface area contributed by atoms with Gasteiger partial charge in [0, 0.05) is 18.1 Å². The minimum atomic E-state index is -0.0131. The molecule has 162 valence electrons. The van der Waals surface area contributed by atoms with Gasteiger partial charge >= 0.3 is 0 Å². The molecule has 0 bridgehead atoms. The van der Waals surface area contributed by atoms with Crippen LogP contribution in [0.25, 0.3) is 21.5 Å². The Balaban J connectivity index is 1.25. The highest BCUT2D eigenvalue weighted by Gasteiger charge is 2.54. The van der Waals surface area contributed by atoms with Gasteiger partial charge in [0.2, 0.25) is 0 Å². The number of thiazole rings is 1. The average Bonchev–Trinajstić information content (AvgIpc) is 3.11. The van der Waals surface area contributed by atoms with Crippen molar-refractivity contribution in [1.82, 2.24) is 14.9 Å². The van der Waals surface area contributed by atoms with Gasteiger partial charge in [-0.1, -0.05) is 35.9 Å². The number of fused-ring (bicyclic) bond motifs is 2. The minimum Gasteiger partial charge on any atom is -0.424 e. The number of benzene rings is 2. The summed E-state index contributed by atoms with van der Waals surface area (Å²) in [6.07, 6.45) is 1.17. The van der Waals surface area contributed by atoms with Crippen LogP contribution in [-0.4, -0.2) is 39.9 Å². The lowest BCUT2D eigenvalue weighted by atomic mass is 10.1. The molecular formula is C24H21ClN4O2S. The van der Waals surface area contributed by atoms with Crippen molar-refractivity contribution in [2.75, 3.05) is 18.4 Å². The Morgan fingerprint density at radius 2 is 2.12 bits per heavy atom. The standard InChI is InChI=1S/C24H21ClN4O2S/c1-13-27-21(22(32-13)14-5-4-6-16(25)9-14)23(30)29-12-15-10-17(15)19(29)11-26-24-28-18-7-2-3-8-20(18)31-24/h2-9,15,17,19H,10-12H2,1H3,(H,26,28)/t15-,17-,19-/m1/s1. The first-order valence-corrected chi connectivity index (χ1v) is 11.9. The van der Waals surface area contributed by atoms with E-state index in [0.717, 1.165) is 33.1 Å². The van der Waals surface area contributed by atoms with Gasteiger partial charge < -0.3 is 14.6 Å². The molecule has 6 rings (SSSR count). The van der Waals surface area contributed by atoms with Gasteiger partial charge in [0.25, 0.3) is 11.9 Å². The number of nitrogens with zero attached hydrogens (tertiary/aromatic N) is 3. The van der Waals surface area contributed by atoms with E-state index in [2.05, 4.69) is 15.3 Å². The van der Waals surface area contributed by atoms with Crippen LogP contribution in [0.3, 0.4) is 0 Å². The van der Waals surface area contributed by atoms with E-state index in [1.54, 1.807) is 0 Å². The van der Waals surface area contributed by atoms with Crippen LogP contribution in [0.15, 0.2) is 52.9 Å². The summed E-state index contributed by atoms with van der Waals surface area (Å²) >= 11 is 7.73. The Hall–Kier alpha value is -2.90. The summed E-state index contributed by atoms with van der Waals surface area (Å²) in [6.45, 7) is 3.31. The zero-order valence-corrected chi connectivity index (χ0v) is 19.0. The summed E-state index contributed by atoms with van der Waals surface area (Å²) < 4.78 is 5.80. The molecule has 0 spiro atoms. The summed E-state index contributed by atoms with van der Waals surface area (Å²) in [5.74, 6) is 1.08. The van der Waals surface area contributed by atoms with Gasteiger partial charge in [0.15, 0.2) is 5.58 Å². The Morgan fingerprint density at radius 1 is 1.25 bits per heavy atom. The molecule has 4 aromatic rings. The lowest BCUT2D eigenvalue weighted by Gasteiger charge is -2.27. The molecule has 2 aromatic heterocycles. The normalized spacial score (nSPS) is 21.7. The van der Waals surface area contributed by atoms with Crippen molar-refractivity contribution in [2.24, 2.45) is 11.8 Å². The number of likely N-dealkylation sites (tertiary alicyclic amines) is 1. The van der Waals surface area contributed by atoms with Crippen LogP contribution in [0, 0.1) is 18.8 Å². The van der Waals surface area contributed by atoms with E-state index in [1.165, 1.54) is 17.8 Å².